The van der Waals surface area contributed by atoms with Crippen molar-refractivity contribution in [2.75, 3.05) is 25.1 Å². The molecule has 1 aliphatic heterocycles. The molecule has 0 saturated carbocycles. The lowest BCUT2D eigenvalue weighted by Crippen LogP contribution is -2.45. The van der Waals surface area contributed by atoms with E-state index in [-0.39, 0.29) is 0 Å². The van der Waals surface area contributed by atoms with Gasteiger partial charge in [-0.3, -0.25) is 4.90 Å². The fraction of sp³-hybridized carbons (Fsp3) is 0.600. The van der Waals surface area contributed by atoms with E-state index in [2.05, 4.69) is 39.0 Å². The first-order valence-electron chi connectivity index (χ1n) is 6.85. The van der Waals surface area contributed by atoms with Crippen molar-refractivity contribution in [1.82, 2.24) is 4.90 Å². The summed E-state index contributed by atoms with van der Waals surface area (Å²) >= 11 is 3.59. The third kappa shape index (κ3) is 2.63. The van der Waals surface area contributed by atoms with Gasteiger partial charge >= 0.3 is 0 Å². The summed E-state index contributed by atoms with van der Waals surface area (Å²) in [6.07, 6.45) is 3.88. The van der Waals surface area contributed by atoms with Crippen molar-refractivity contribution < 1.29 is 4.74 Å². The van der Waals surface area contributed by atoms with Crippen molar-refractivity contribution in [3.8, 4) is 0 Å². The molecule has 2 aliphatic rings. The monoisotopic (exact) mass is 309 g/mol. The molecule has 1 fully saturated rings. The summed E-state index contributed by atoms with van der Waals surface area (Å²) in [6, 6.07) is 7.59. The van der Waals surface area contributed by atoms with E-state index in [0.717, 1.165) is 31.6 Å². The van der Waals surface area contributed by atoms with Gasteiger partial charge in [0.15, 0.2) is 0 Å². The summed E-state index contributed by atoms with van der Waals surface area (Å²) < 4.78 is 5.54. The predicted molar refractivity (Wildman–Crippen MR) is 77.3 cm³/mol. The molecule has 98 valence electrons. The van der Waals surface area contributed by atoms with Crippen LogP contribution in [0.15, 0.2) is 18.2 Å². The van der Waals surface area contributed by atoms with Crippen LogP contribution in [-0.4, -0.2) is 36.0 Å². The van der Waals surface area contributed by atoms with Crippen LogP contribution in [0.3, 0.4) is 0 Å². The fourth-order valence-corrected chi connectivity index (χ4v) is 3.59. The quantitative estimate of drug-likeness (QED) is 0.796. The Morgan fingerprint density at radius 2 is 2.17 bits per heavy atom. The first kappa shape index (κ1) is 12.6. The number of alkyl halides is 1. The second-order valence-electron chi connectivity index (χ2n) is 5.31. The maximum atomic E-state index is 5.54. The highest BCUT2D eigenvalue weighted by atomic mass is 79.9. The van der Waals surface area contributed by atoms with Gasteiger partial charge in [-0.25, -0.2) is 0 Å². The molecule has 0 spiro atoms. The number of aryl methyl sites for hydroxylation is 2. The van der Waals surface area contributed by atoms with Gasteiger partial charge in [-0.2, -0.15) is 0 Å². The third-order valence-corrected chi connectivity index (χ3v) is 4.82. The summed E-state index contributed by atoms with van der Waals surface area (Å²) in [7, 11) is 0. The number of hydrogen-bond acceptors (Lipinski definition) is 2. The van der Waals surface area contributed by atoms with E-state index in [1.165, 1.54) is 24.8 Å². The second-order valence-corrected chi connectivity index (χ2v) is 5.96. The molecule has 0 aromatic heterocycles. The van der Waals surface area contributed by atoms with E-state index in [0.29, 0.717) is 6.04 Å². The number of ether oxygens (including phenoxy) is 1. The average Bonchev–Trinajstić information content (AvgIpc) is 2.87. The summed E-state index contributed by atoms with van der Waals surface area (Å²) in [4.78, 5) is 2.54. The van der Waals surface area contributed by atoms with Crippen LogP contribution >= 0.6 is 15.9 Å². The van der Waals surface area contributed by atoms with E-state index in [9.17, 15) is 0 Å². The molecule has 0 amide bonds. The van der Waals surface area contributed by atoms with Crippen LogP contribution in [0.4, 0.5) is 0 Å². The van der Waals surface area contributed by atoms with Gasteiger partial charge in [0, 0.05) is 24.5 Å². The molecule has 3 heteroatoms. The highest BCUT2D eigenvalue weighted by Gasteiger charge is 2.22. The Morgan fingerprint density at radius 1 is 1.28 bits per heavy atom. The van der Waals surface area contributed by atoms with Crippen molar-refractivity contribution in [3.63, 3.8) is 0 Å². The van der Waals surface area contributed by atoms with Gasteiger partial charge < -0.3 is 4.74 Å². The zero-order chi connectivity index (χ0) is 12.4. The van der Waals surface area contributed by atoms with Gasteiger partial charge in [-0.15, -0.1) is 0 Å². The lowest BCUT2D eigenvalue weighted by Gasteiger charge is -2.34. The van der Waals surface area contributed by atoms with Crippen LogP contribution < -0.4 is 0 Å². The van der Waals surface area contributed by atoms with Crippen LogP contribution in [0, 0.1) is 0 Å². The molecule has 0 bridgehead atoms. The molecule has 0 N–H and O–H groups in total. The zero-order valence-corrected chi connectivity index (χ0v) is 12.3. The topological polar surface area (TPSA) is 12.5 Å². The first-order valence-corrected chi connectivity index (χ1v) is 7.97. The lowest BCUT2D eigenvalue weighted by molar-refractivity contribution is -0.00213. The minimum absolute atomic E-state index is 0.520. The van der Waals surface area contributed by atoms with Crippen molar-refractivity contribution in [2.24, 2.45) is 0 Å². The number of nitrogens with zero attached hydrogens (tertiary/aromatic N) is 1. The Bertz CT molecular complexity index is 421. The van der Waals surface area contributed by atoms with E-state index >= 15 is 0 Å². The van der Waals surface area contributed by atoms with Crippen molar-refractivity contribution in [1.29, 1.82) is 0 Å². The minimum atomic E-state index is 0.520. The Kier molecular flexibility index (Phi) is 4.02. The number of fused-ring (bicyclic) bond motifs is 1. The Balaban J connectivity index is 1.71. The number of rotatable bonds is 3. The highest BCUT2D eigenvalue weighted by molar-refractivity contribution is 9.09. The molecule has 1 aliphatic carbocycles. The molecule has 3 rings (SSSR count). The molecule has 18 heavy (non-hydrogen) atoms. The fourth-order valence-electron chi connectivity index (χ4n) is 3.00. The van der Waals surface area contributed by atoms with Gasteiger partial charge in [-0.05, 0) is 36.0 Å². The summed E-state index contributed by atoms with van der Waals surface area (Å²) in [5.41, 5.74) is 4.61. The second kappa shape index (κ2) is 5.72. The number of halogens is 1. The van der Waals surface area contributed by atoms with Crippen LogP contribution in [0.25, 0.3) is 0 Å². The molecule has 1 heterocycles. The number of morpholine rings is 1. The predicted octanol–water partition coefficient (Wildman–Crippen LogP) is 2.77. The highest BCUT2D eigenvalue weighted by Crippen LogP contribution is 2.24. The standard InChI is InChI=1S/C15H20BrNO/c16-9-15-11-18-7-6-17(15)10-12-4-5-13-2-1-3-14(13)8-12/h4-5,8,15H,1-3,6-7,9-11H2. The Morgan fingerprint density at radius 3 is 3.06 bits per heavy atom. The Hall–Kier alpha value is -0.380. The third-order valence-electron chi connectivity index (χ3n) is 4.08. The van der Waals surface area contributed by atoms with Gasteiger partial charge in [-0.1, -0.05) is 34.1 Å². The van der Waals surface area contributed by atoms with Crippen LogP contribution in [0.1, 0.15) is 23.1 Å². The van der Waals surface area contributed by atoms with Gasteiger partial charge in [0.2, 0.25) is 0 Å². The maximum absolute atomic E-state index is 5.54. The van der Waals surface area contributed by atoms with E-state index in [1.807, 2.05) is 0 Å². The molecule has 0 radical (unpaired) electrons. The maximum Gasteiger partial charge on any atom is 0.0630 e. The van der Waals surface area contributed by atoms with E-state index in [4.69, 9.17) is 4.74 Å². The molecular formula is C15H20BrNO. The summed E-state index contributed by atoms with van der Waals surface area (Å²) in [6.45, 7) is 3.84. The largest absolute Gasteiger partial charge is 0.378 e. The van der Waals surface area contributed by atoms with Gasteiger partial charge in [0.1, 0.15) is 0 Å². The molecule has 1 aromatic carbocycles. The van der Waals surface area contributed by atoms with Crippen molar-refractivity contribution >= 4 is 15.9 Å². The SMILES string of the molecule is BrCC1COCCN1Cc1ccc2c(c1)CCC2. The normalized spacial score (nSPS) is 24.2. The van der Waals surface area contributed by atoms with Gasteiger partial charge in [0.05, 0.1) is 13.2 Å². The van der Waals surface area contributed by atoms with Crippen molar-refractivity contribution in [2.45, 2.75) is 31.8 Å². The average molecular weight is 310 g/mol. The number of hydrogen-bond donors (Lipinski definition) is 0. The number of benzene rings is 1. The Labute approximate surface area is 117 Å². The zero-order valence-electron chi connectivity index (χ0n) is 10.7. The molecular weight excluding hydrogens is 290 g/mol. The molecule has 1 unspecified atom stereocenters. The van der Waals surface area contributed by atoms with Crippen molar-refractivity contribution in [3.05, 3.63) is 34.9 Å². The first-order chi connectivity index (χ1) is 8.86. The van der Waals surface area contributed by atoms with E-state index in [1.54, 1.807) is 11.1 Å². The minimum Gasteiger partial charge on any atom is -0.378 e. The molecule has 1 aromatic rings. The smallest absolute Gasteiger partial charge is 0.0630 e. The molecule has 2 nitrogen and oxygen atoms in total. The summed E-state index contributed by atoms with van der Waals surface area (Å²) in [5, 5.41) is 0.998. The van der Waals surface area contributed by atoms with E-state index < -0.39 is 0 Å². The van der Waals surface area contributed by atoms with Crippen LogP contribution in [0.2, 0.25) is 0 Å². The molecule has 1 saturated heterocycles. The molecule has 1 atom stereocenters. The van der Waals surface area contributed by atoms with Crippen LogP contribution in [0.5, 0.6) is 0 Å². The summed E-state index contributed by atoms with van der Waals surface area (Å²) in [5.74, 6) is 0. The van der Waals surface area contributed by atoms with Crippen LogP contribution in [-0.2, 0) is 24.1 Å². The van der Waals surface area contributed by atoms with Gasteiger partial charge in [0.25, 0.3) is 0 Å². The lowest BCUT2D eigenvalue weighted by atomic mass is 10.1.